The van der Waals surface area contributed by atoms with E-state index in [0.29, 0.717) is 6.61 Å². The van der Waals surface area contributed by atoms with Crippen LogP contribution in [0.3, 0.4) is 0 Å². The summed E-state index contributed by atoms with van der Waals surface area (Å²) < 4.78 is 5.11. The lowest BCUT2D eigenvalue weighted by molar-refractivity contribution is -0.144. The molecule has 0 bridgehead atoms. The summed E-state index contributed by atoms with van der Waals surface area (Å²) in [6, 6.07) is 9.56. The Morgan fingerprint density at radius 2 is 1.94 bits per heavy atom. The molecule has 3 heteroatoms. The van der Waals surface area contributed by atoms with Crippen molar-refractivity contribution in [2.75, 3.05) is 11.9 Å². The van der Waals surface area contributed by atoms with Gasteiger partial charge < -0.3 is 10.1 Å². The first kappa shape index (κ1) is 14.6. The number of nitrogens with one attached hydrogen (secondary N) is 1. The number of hydrogen-bond donors (Lipinski definition) is 1. The number of unbranched alkanes of at least 4 members (excludes halogenated alkanes) is 2. The van der Waals surface area contributed by atoms with Crippen molar-refractivity contribution in [3.63, 3.8) is 0 Å². The van der Waals surface area contributed by atoms with Gasteiger partial charge in [0.05, 0.1) is 6.61 Å². The summed E-state index contributed by atoms with van der Waals surface area (Å²) in [5.41, 5.74) is 0.965. The van der Waals surface area contributed by atoms with E-state index in [1.807, 2.05) is 37.3 Å². The number of benzene rings is 1. The largest absolute Gasteiger partial charge is 0.464 e. The molecule has 100 valence electrons. The number of ether oxygens (including phenoxy) is 1. The Morgan fingerprint density at radius 1 is 1.22 bits per heavy atom. The van der Waals surface area contributed by atoms with Gasteiger partial charge >= 0.3 is 5.97 Å². The summed E-state index contributed by atoms with van der Waals surface area (Å²) in [4.78, 5) is 11.9. The first-order chi connectivity index (χ1) is 8.77. The van der Waals surface area contributed by atoms with Crippen molar-refractivity contribution in [3.8, 4) is 0 Å². The summed E-state index contributed by atoms with van der Waals surface area (Å²) in [5, 5.41) is 3.25. The molecule has 18 heavy (non-hydrogen) atoms. The minimum absolute atomic E-state index is 0.155. The monoisotopic (exact) mass is 249 g/mol. The molecule has 0 spiro atoms. The maximum absolute atomic E-state index is 11.9. The molecule has 0 radical (unpaired) electrons. The van der Waals surface area contributed by atoms with Crippen molar-refractivity contribution in [1.29, 1.82) is 0 Å². The lowest BCUT2D eigenvalue weighted by atomic mass is 10.1. The van der Waals surface area contributed by atoms with Gasteiger partial charge in [-0.05, 0) is 25.5 Å². The molecule has 1 rings (SSSR count). The highest BCUT2D eigenvalue weighted by Crippen LogP contribution is 2.13. The fraction of sp³-hybridized carbons (Fsp3) is 0.533. The quantitative estimate of drug-likeness (QED) is 0.565. The maximum atomic E-state index is 11.9. The molecule has 0 aromatic heterocycles. The van der Waals surface area contributed by atoms with E-state index in [-0.39, 0.29) is 12.0 Å². The van der Waals surface area contributed by atoms with Crippen molar-refractivity contribution in [2.24, 2.45) is 0 Å². The van der Waals surface area contributed by atoms with Gasteiger partial charge in [-0.3, -0.25) is 0 Å². The molecular weight excluding hydrogens is 226 g/mol. The lowest BCUT2D eigenvalue weighted by Crippen LogP contribution is -2.31. The predicted octanol–water partition coefficient (Wildman–Crippen LogP) is 3.61. The van der Waals surface area contributed by atoms with Gasteiger partial charge in [-0.1, -0.05) is 44.4 Å². The molecule has 0 aliphatic carbocycles. The smallest absolute Gasteiger partial charge is 0.328 e. The van der Waals surface area contributed by atoms with Gasteiger partial charge in [-0.25, -0.2) is 4.79 Å². The average molecular weight is 249 g/mol. The molecule has 0 fully saturated rings. The van der Waals surface area contributed by atoms with Crippen LogP contribution in [0.5, 0.6) is 0 Å². The predicted molar refractivity (Wildman–Crippen MR) is 74.6 cm³/mol. The van der Waals surface area contributed by atoms with Gasteiger partial charge in [0, 0.05) is 5.69 Å². The van der Waals surface area contributed by atoms with Crippen LogP contribution in [0, 0.1) is 0 Å². The Kier molecular flexibility index (Phi) is 6.92. The summed E-state index contributed by atoms with van der Waals surface area (Å²) in [6.07, 6.45) is 4.16. The van der Waals surface area contributed by atoms with Crippen LogP contribution >= 0.6 is 0 Å². The van der Waals surface area contributed by atoms with Crippen LogP contribution in [0.4, 0.5) is 5.69 Å². The van der Waals surface area contributed by atoms with Gasteiger partial charge in [0.25, 0.3) is 0 Å². The molecule has 1 N–H and O–H groups in total. The van der Waals surface area contributed by atoms with E-state index < -0.39 is 0 Å². The van der Waals surface area contributed by atoms with E-state index in [1.54, 1.807) is 0 Å². The van der Waals surface area contributed by atoms with Crippen molar-refractivity contribution in [2.45, 2.75) is 45.6 Å². The third-order valence-electron chi connectivity index (χ3n) is 2.78. The molecule has 1 unspecified atom stereocenters. The molecule has 0 amide bonds. The topological polar surface area (TPSA) is 38.3 Å². The average Bonchev–Trinajstić information content (AvgIpc) is 2.39. The van der Waals surface area contributed by atoms with Crippen LogP contribution in [0.1, 0.15) is 39.5 Å². The summed E-state index contributed by atoms with van der Waals surface area (Å²) in [5.74, 6) is -0.155. The Bertz CT molecular complexity index is 338. The molecule has 0 aliphatic rings. The van der Waals surface area contributed by atoms with Gasteiger partial charge in [-0.2, -0.15) is 0 Å². The zero-order valence-electron chi connectivity index (χ0n) is 11.3. The molecular formula is C15H23NO2. The van der Waals surface area contributed by atoms with Gasteiger partial charge in [0.1, 0.15) is 6.04 Å². The molecule has 1 atom stereocenters. The first-order valence-corrected chi connectivity index (χ1v) is 6.76. The Labute approximate surface area is 110 Å². The molecule has 0 heterocycles. The number of carbonyl (C=O) groups excluding carboxylic acids is 1. The van der Waals surface area contributed by atoms with E-state index >= 15 is 0 Å². The summed E-state index contributed by atoms with van der Waals surface area (Å²) in [7, 11) is 0. The number of rotatable bonds is 8. The van der Waals surface area contributed by atoms with Crippen LogP contribution in [0.2, 0.25) is 0 Å². The zero-order chi connectivity index (χ0) is 13.2. The number of carbonyl (C=O) groups is 1. The highest BCUT2D eigenvalue weighted by molar-refractivity contribution is 5.79. The second-order valence-electron chi connectivity index (χ2n) is 4.31. The van der Waals surface area contributed by atoms with E-state index in [2.05, 4.69) is 12.2 Å². The van der Waals surface area contributed by atoms with Crippen LogP contribution < -0.4 is 5.32 Å². The number of esters is 1. The third kappa shape index (κ3) is 5.21. The highest BCUT2D eigenvalue weighted by Gasteiger charge is 2.18. The van der Waals surface area contributed by atoms with Crippen LogP contribution in [-0.2, 0) is 9.53 Å². The van der Waals surface area contributed by atoms with Crippen molar-refractivity contribution in [1.82, 2.24) is 0 Å². The van der Waals surface area contributed by atoms with E-state index in [1.165, 1.54) is 0 Å². The lowest BCUT2D eigenvalue weighted by Gasteiger charge is -2.18. The molecule has 1 aromatic rings. The summed E-state index contributed by atoms with van der Waals surface area (Å²) >= 11 is 0. The fourth-order valence-electron chi connectivity index (χ4n) is 1.83. The standard InChI is InChI=1S/C15H23NO2/c1-3-5-7-12-14(15(17)18-4-2)16-13-10-8-6-9-11-13/h6,8-11,14,16H,3-5,7,12H2,1-2H3. The van der Waals surface area contributed by atoms with Crippen LogP contribution in [0.15, 0.2) is 30.3 Å². The fourth-order valence-corrected chi connectivity index (χ4v) is 1.83. The van der Waals surface area contributed by atoms with Crippen molar-refractivity contribution >= 4 is 11.7 Å². The zero-order valence-corrected chi connectivity index (χ0v) is 11.3. The van der Waals surface area contributed by atoms with Crippen molar-refractivity contribution < 1.29 is 9.53 Å². The molecule has 0 saturated heterocycles. The molecule has 3 nitrogen and oxygen atoms in total. The van der Waals surface area contributed by atoms with E-state index in [9.17, 15) is 4.79 Å². The first-order valence-electron chi connectivity index (χ1n) is 6.76. The Hall–Kier alpha value is -1.51. The Morgan fingerprint density at radius 3 is 2.56 bits per heavy atom. The summed E-state index contributed by atoms with van der Waals surface area (Å²) in [6.45, 7) is 4.42. The second-order valence-corrected chi connectivity index (χ2v) is 4.31. The van der Waals surface area contributed by atoms with Crippen LogP contribution in [-0.4, -0.2) is 18.6 Å². The maximum Gasteiger partial charge on any atom is 0.328 e. The normalized spacial score (nSPS) is 11.9. The van der Waals surface area contributed by atoms with Gasteiger partial charge in [0.2, 0.25) is 0 Å². The molecule has 1 aromatic carbocycles. The van der Waals surface area contributed by atoms with Crippen molar-refractivity contribution in [3.05, 3.63) is 30.3 Å². The minimum Gasteiger partial charge on any atom is -0.464 e. The second kappa shape index (κ2) is 8.56. The Balaban J connectivity index is 2.56. The third-order valence-corrected chi connectivity index (χ3v) is 2.78. The van der Waals surface area contributed by atoms with E-state index in [4.69, 9.17) is 4.74 Å². The molecule has 0 aliphatic heterocycles. The van der Waals surface area contributed by atoms with Gasteiger partial charge in [0.15, 0.2) is 0 Å². The van der Waals surface area contributed by atoms with E-state index in [0.717, 1.165) is 31.4 Å². The minimum atomic E-state index is -0.237. The molecule has 0 saturated carbocycles. The SMILES string of the molecule is CCCCCC(Nc1ccccc1)C(=O)OCC. The number of anilines is 1. The number of para-hydroxylation sites is 1. The number of hydrogen-bond acceptors (Lipinski definition) is 3. The van der Waals surface area contributed by atoms with Gasteiger partial charge in [-0.15, -0.1) is 0 Å². The van der Waals surface area contributed by atoms with Crippen LogP contribution in [0.25, 0.3) is 0 Å². The highest BCUT2D eigenvalue weighted by atomic mass is 16.5.